The van der Waals surface area contributed by atoms with Gasteiger partial charge in [-0.25, -0.2) is 0 Å². The van der Waals surface area contributed by atoms with Crippen LogP contribution in [0.1, 0.15) is 27.3 Å². The monoisotopic (exact) mass is 319 g/mol. The average Bonchev–Trinajstić information content (AvgIpc) is 2.94. The Balaban J connectivity index is 1.62. The molecule has 0 fully saturated rings. The minimum Gasteiger partial charge on any atom is -0.352 e. The maximum absolute atomic E-state index is 12.2. The summed E-state index contributed by atoms with van der Waals surface area (Å²) in [6.07, 6.45) is 4.35. The summed E-state index contributed by atoms with van der Waals surface area (Å²) in [5.41, 5.74) is 5.23. The quantitative estimate of drug-likeness (QED) is 0.783. The predicted molar refractivity (Wildman–Crippen MR) is 95.5 cm³/mol. The molecule has 3 rings (SSSR count). The molecule has 0 saturated carbocycles. The maximum atomic E-state index is 12.2. The number of hydrogen-bond acceptors (Lipinski definition) is 2. The van der Waals surface area contributed by atoms with Crippen molar-refractivity contribution < 1.29 is 4.79 Å². The second kappa shape index (κ2) is 7.13. The van der Waals surface area contributed by atoms with Gasteiger partial charge in [0.1, 0.15) is 0 Å². The number of pyridine rings is 1. The molecule has 0 aliphatic rings. The van der Waals surface area contributed by atoms with Gasteiger partial charge >= 0.3 is 0 Å². The van der Waals surface area contributed by atoms with E-state index in [2.05, 4.69) is 40.8 Å². The number of nitrogens with zero attached hydrogens (tertiary/aromatic N) is 2. The molecule has 4 heteroatoms. The highest BCUT2D eigenvalue weighted by Gasteiger charge is 2.07. The molecule has 0 unspecified atom stereocenters. The van der Waals surface area contributed by atoms with Gasteiger partial charge in [0.2, 0.25) is 0 Å². The van der Waals surface area contributed by atoms with Crippen molar-refractivity contribution in [1.82, 2.24) is 14.9 Å². The van der Waals surface area contributed by atoms with Crippen molar-refractivity contribution >= 4 is 5.91 Å². The third-order valence-corrected chi connectivity index (χ3v) is 4.08. The van der Waals surface area contributed by atoms with Crippen LogP contribution >= 0.6 is 0 Å². The first kappa shape index (κ1) is 16.0. The van der Waals surface area contributed by atoms with E-state index in [9.17, 15) is 4.79 Å². The standard InChI is InChI=1S/C20H21N3O/c1-15-5-6-16(2)23(15)19-9-7-18(8-10-19)20(24)22-13-11-17-4-3-12-21-14-17/h3-10,12,14H,11,13H2,1-2H3,(H,22,24). The number of nitrogens with one attached hydrogen (secondary N) is 1. The predicted octanol–water partition coefficient (Wildman–Crippen LogP) is 3.46. The molecule has 2 aromatic heterocycles. The van der Waals surface area contributed by atoms with Gasteiger partial charge in [0.05, 0.1) is 0 Å². The van der Waals surface area contributed by atoms with Crippen LogP contribution < -0.4 is 5.32 Å². The summed E-state index contributed by atoms with van der Waals surface area (Å²) in [7, 11) is 0. The van der Waals surface area contributed by atoms with Gasteiger partial charge in [-0.15, -0.1) is 0 Å². The Kier molecular flexibility index (Phi) is 4.75. The Labute approximate surface area is 142 Å². The van der Waals surface area contributed by atoms with E-state index in [4.69, 9.17) is 0 Å². The molecule has 24 heavy (non-hydrogen) atoms. The molecular formula is C20H21N3O. The molecule has 0 aliphatic heterocycles. The largest absolute Gasteiger partial charge is 0.352 e. The Bertz CT molecular complexity index is 800. The van der Waals surface area contributed by atoms with Crippen molar-refractivity contribution in [2.75, 3.05) is 6.54 Å². The van der Waals surface area contributed by atoms with E-state index in [-0.39, 0.29) is 5.91 Å². The lowest BCUT2D eigenvalue weighted by molar-refractivity contribution is 0.0954. The van der Waals surface area contributed by atoms with Gasteiger partial charge in [-0.2, -0.15) is 0 Å². The second-order valence-corrected chi connectivity index (χ2v) is 5.87. The second-order valence-electron chi connectivity index (χ2n) is 5.87. The van der Waals surface area contributed by atoms with Crippen LogP contribution in [0.2, 0.25) is 0 Å². The minimum atomic E-state index is -0.0496. The molecule has 2 heterocycles. The van der Waals surface area contributed by atoms with Crippen molar-refractivity contribution in [2.45, 2.75) is 20.3 Å². The lowest BCUT2D eigenvalue weighted by atomic mass is 10.1. The van der Waals surface area contributed by atoms with E-state index in [1.807, 2.05) is 42.6 Å². The van der Waals surface area contributed by atoms with Crippen molar-refractivity contribution in [3.63, 3.8) is 0 Å². The third-order valence-electron chi connectivity index (χ3n) is 4.08. The number of carbonyl (C=O) groups is 1. The van der Waals surface area contributed by atoms with Crippen LogP contribution in [-0.4, -0.2) is 22.0 Å². The first-order valence-electron chi connectivity index (χ1n) is 8.07. The van der Waals surface area contributed by atoms with E-state index in [1.54, 1.807) is 6.20 Å². The number of hydrogen-bond donors (Lipinski definition) is 1. The zero-order chi connectivity index (χ0) is 16.9. The Hall–Kier alpha value is -2.88. The van der Waals surface area contributed by atoms with E-state index in [0.29, 0.717) is 12.1 Å². The highest BCUT2D eigenvalue weighted by molar-refractivity contribution is 5.94. The smallest absolute Gasteiger partial charge is 0.251 e. The van der Waals surface area contributed by atoms with Gasteiger partial charge in [-0.3, -0.25) is 9.78 Å². The zero-order valence-electron chi connectivity index (χ0n) is 14.0. The fraction of sp³-hybridized carbons (Fsp3) is 0.200. The van der Waals surface area contributed by atoms with Crippen LogP contribution in [0.25, 0.3) is 5.69 Å². The summed E-state index contributed by atoms with van der Waals surface area (Å²) in [5.74, 6) is -0.0496. The summed E-state index contributed by atoms with van der Waals surface area (Å²) in [4.78, 5) is 16.3. The van der Waals surface area contributed by atoms with Crippen LogP contribution in [0.5, 0.6) is 0 Å². The van der Waals surface area contributed by atoms with Gasteiger partial charge < -0.3 is 9.88 Å². The number of aryl methyl sites for hydroxylation is 2. The first-order chi connectivity index (χ1) is 11.6. The molecule has 0 radical (unpaired) electrons. The molecule has 122 valence electrons. The zero-order valence-corrected chi connectivity index (χ0v) is 14.0. The van der Waals surface area contributed by atoms with Crippen LogP contribution in [0, 0.1) is 13.8 Å². The van der Waals surface area contributed by atoms with Crippen LogP contribution in [-0.2, 0) is 6.42 Å². The van der Waals surface area contributed by atoms with E-state index in [1.165, 1.54) is 11.4 Å². The maximum Gasteiger partial charge on any atom is 0.251 e. The molecular weight excluding hydrogens is 298 g/mol. The molecule has 4 nitrogen and oxygen atoms in total. The van der Waals surface area contributed by atoms with Crippen LogP contribution in [0.4, 0.5) is 0 Å². The summed E-state index contributed by atoms with van der Waals surface area (Å²) >= 11 is 0. The fourth-order valence-corrected chi connectivity index (χ4v) is 2.81. The SMILES string of the molecule is Cc1ccc(C)n1-c1ccc(C(=O)NCCc2cccnc2)cc1. The van der Waals surface area contributed by atoms with Crippen molar-refractivity contribution in [1.29, 1.82) is 0 Å². The molecule has 0 atom stereocenters. The molecule has 0 spiro atoms. The number of benzene rings is 1. The van der Waals surface area contributed by atoms with Crippen molar-refractivity contribution in [3.05, 3.63) is 83.4 Å². The van der Waals surface area contributed by atoms with Gasteiger partial charge in [-0.05, 0) is 68.3 Å². The normalized spacial score (nSPS) is 10.6. The topological polar surface area (TPSA) is 46.9 Å². The van der Waals surface area contributed by atoms with E-state index < -0.39 is 0 Å². The molecule has 0 aliphatic carbocycles. The minimum absolute atomic E-state index is 0.0496. The summed E-state index contributed by atoms with van der Waals surface area (Å²) in [5, 5.41) is 2.95. The Morgan fingerprint density at radius 2 is 1.75 bits per heavy atom. The number of carbonyl (C=O) groups excluding carboxylic acids is 1. The van der Waals surface area contributed by atoms with Crippen LogP contribution in [0.3, 0.4) is 0 Å². The fourth-order valence-electron chi connectivity index (χ4n) is 2.81. The van der Waals surface area contributed by atoms with Crippen LogP contribution in [0.15, 0.2) is 60.9 Å². The average molecular weight is 319 g/mol. The van der Waals surface area contributed by atoms with E-state index >= 15 is 0 Å². The third kappa shape index (κ3) is 3.54. The van der Waals surface area contributed by atoms with Gasteiger partial charge in [-0.1, -0.05) is 6.07 Å². The van der Waals surface area contributed by atoms with E-state index in [0.717, 1.165) is 17.7 Å². The van der Waals surface area contributed by atoms with Crippen molar-refractivity contribution in [2.24, 2.45) is 0 Å². The Morgan fingerprint density at radius 3 is 2.38 bits per heavy atom. The lowest BCUT2D eigenvalue weighted by Crippen LogP contribution is -2.25. The number of amides is 1. The number of rotatable bonds is 5. The summed E-state index contributed by atoms with van der Waals surface area (Å²) < 4.78 is 2.17. The summed E-state index contributed by atoms with van der Waals surface area (Å²) in [6, 6.07) is 15.8. The lowest BCUT2D eigenvalue weighted by Gasteiger charge is -2.10. The highest BCUT2D eigenvalue weighted by atomic mass is 16.1. The highest BCUT2D eigenvalue weighted by Crippen LogP contribution is 2.16. The first-order valence-corrected chi connectivity index (χ1v) is 8.07. The Morgan fingerprint density at radius 1 is 1.04 bits per heavy atom. The molecule has 3 aromatic rings. The molecule has 1 N–H and O–H groups in total. The molecule has 1 amide bonds. The van der Waals surface area contributed by atoms with Gasteiger partial charge in [0, 0.05) is 41.6 Å². The summed E-state index contributed by atoms with van der Waals surface area (Å²) in [6.45, 7) is 4.75. The molecule has 0 bridgehead atoms. The van der Waals surface area contributed by atoms with Gasteiger partial charge in [0.15, 0.2) is 0 Å². The molecule has 1 aromatic carbocycles. The van der Waals surface area contributed by atoms with Gasteiger partial charge in [0.25, 0.3) is 5.91 Å². The number of aromatic nitrogens is 2. The van der Waals surface area contributed by atoms with Crippen molar-refractivity contribution in [3.8, 4) is 5.69 Å². The molecule has 0 saturated heterocycles.